The topological polar surface area (TPSA) is 12.0 Å². The van der Waals surface area contributed by atoms with Crippen molar-refractivity contribution in [3.05, 3.63) is 0 Å². The highest BCUT2D eigenvalue weighted by Gasteiger charge is 1.90. The van der Waals surface area contributed by atoms with Gasteiger partial charge in [-0.1, -0.05) is 74.5 Å². The minimum absolute atomic E-state index is 1.09. The maximum Gasteiger partial charge on any atom is 0.0479 e. The Balaban J connectivity index is 2.76. The van der Waals surface area contributed by atoms with E-state index in [4.69, 9.17) is 0 Å². The molecule has 0 aliphatic heterocycles. The molecule has 0 heterocycles. The third-order valence-electron chi connectivity index (χ3n) is 2.30. The molecule has 80 valence electrons. The van der Waals surface area contributed by atoms with Crippen LogP contribution in [0.1, 0.15) is 58.3 Å². The van der Waals surface area contributed by atoms with E-state index in [-0.39, 0.29) is 0 Å². The normalized spacial score (nSPS) is 10.6. The Morgan fingerprint density at radius 1 is 0.846 bits per heavy atom. The van der Waals surface area contributed by atoms with Gasteiger partial charge < -0.3 is 5.32 Å². The number of hydrogen-bond donors (Lipinski definition) is 1. The lowest BCUT2D eigenvalue weighted by Crippen LogP contribution is -2.11. The predicted molar refractivity (Wildman–Crippen MR) is 69.5 cm³/mol. The summed E-state index contributed by atoms with van der Waals surface area (Å²) in [4.78, 5) is 0. The second-order valence-corrected chi connectivity index (χ2v) is 4.37. The van der Waals surface area contributed by atoms with Gasteiger partial charge in [-0.2, -0.15) is 0 Å². The van der Waals surface area contributed by atoms with E-state index in [2.05, 4.69) is 34.8 Å². The van der Waals surface area contributed by atoms with E-state index in [0.29, 0.717) is 0 Å². The summed E-state index contributed by atoms with van der Waals surface area (Å²) >= 11 is 2.36. The summed E-state index contributed by atoms with van der Waals surface area (Å²) in [5.74, 6) is 0. The number of rotatable bonds is 10. The van der Waals surface area contributed by atoms with Gasteiger partial charge in [0.1, 0.15) is 0 Å². The van der Waals surface area contributed by atoms with Gasteiger partial charge >= 0.3 is 0 Å². The first-order chi connectivity index (χ1) is 6.41. The van der Waals surface area contributed by atoms with Crippen molar-refractivity contribution in [2.75, 3.05) is 11.1 Å². The first-order valence-corrected chi connectivity index (χ1v) is 7.21. The number of alkyl halides is 1. The molecule has 0 aromatic carbocycles. The summed E-state index contributed by atoms with van der Waals surface area (Å²) in [5.41, 5.74) is 0. The molecule has 0 unspecified atom stereocenters. The molecule has 0 aromatic heterocycles. The summed E-state index contributed by atoms with van der Waals surface area (Å²) in [6, 6.07) is 0. The molecule has 0 fully saturated rings. The molecule has 0 aliphatic rings. The van der Waals surface area contributed by atoms with E-state index in [1.165, 1.54) is 57.9 Å². The minimum atomic E-state index is 1.09. The van der Waals surface area contributed by atoms with Crippen LogP contribution in [0, 0.1) is 0 Å². The fourth-order valence-corrected chi connectivity index (χ4v) is 1.83. The highest BCUT2D eigenvalue weighted by Crippen LogP contribution is 2.07. The summed E-state index contributed by atoms with van der Waals surface area (Å²) in [7, 11) is 0. The first-order valence-electron chi connectivity index (χ1n) is 5.68. The second kappa shape index (κ2) is 12.7. The molecule has 0 bridgehead atoms. The van der Waals surface area contributed by atoms with E-state index >= 15 is 0 Å². The smallest absolute Gasteiger partial charge is 0.0479 e. The molecule has 0 saturated carbocycles. The van der Waals surface area contributed by atoms with Crippen LogP contribution in [0.5, 0.6) is 0 Å². The lowest BCUT2D eigenvalue weighted by Gasteiger charge is -2.01. The molecule has 0 radical (unpaired) electrons. The zero-order chi connectivity index (χ0) is 9.78. The quantitative estimate of drug-likeness (QED) is 0.277. The Kier molecular flexibility index (Phi) is 13.4. The third kappa shape index (κ3) is 12.7. The lowest BCUT2D eigenvalue weighted by molar-refractivity contribution is 0.566. The van der Waals surface area contributed by atoms with Crippen LogP contribution in [0.2, 0.25) is 0 Å². The lowest BCUT2D eigenvalue weighted by atomic mass is 10.1. The van der Waals surface area contributed by atoms with Gasteiger partial charge in [-0.15, -0.1) is 0 Å². The van der Waals surface area contributed by atoms with E-state index in [9.17, 15) is 0 Å². The van der Waals surface area contributed by atoms with Crippen LogP contribution in [0.15, 0.2) is 0 Å². The first kappa shape index (κ1) is 13.7. The van der Waals surface area contributed by atoms with Crippen molar-refractivity contribution >= 4 is 22.6 Å². The van der Waals surface area contributed by atoms with Crippen molar-refractivity contribution in [3.8, 4) is 0 Å². The predicted octanol–water partition coefficient (Wildman–Crippen LogP) is 4.11. The van der Waals surface area contributed by atoms with Crippen LogP contribution in [0.4, 0.5) is 0 Å². The Morgan fingerprint density at radius 3 is 1.92 bits per heavy atom. The van der Waals surface area contributed by atoms with Crippen molar-refractivity contribution < 1.29 is 0 Å². The number of hydrogen-bond acceptors (Lipinski definition) is 1. The maximum atomic E-state index is 3.35. The number of halogens is 1. The molecule has 1 N–H and O–H groups in total. The molecular formula is C11H24IN. The largest absolute Gasteiger partial charge is 0.308 e. The standard InChI is InChI=1S/C11H24IN/c1-2-3-4-5-6-7-8-9-10-13-11-12/h13H,2-11H2,1H3. The molecule has 0 atom stereocenters. The molecule has 2 heteroatoms. The van der Waals surface area contributed by atoms with Crippen molar-refractivity contribution in [2.45, 2.75) is 58.3 Å². The molecule has 0 amide bonds. The number of nitrogens with one attached hydrogen (secondary N) is 1. The molecule has 13 heavy (non-hydrogen) atoms. The Hall–Kier alpha value is 0.690. The van der Waals surface area contributed by atoms with Crippen LogP contribution in [-0.4, -0.2) is 11.1 Å². The Bertz CT molecular complexity index is 76.2. The van der Waals surface area contributed by atoms with Crippen molar-refractivity contribution in [1.29, 1.82) is 0 Å². The monoisotopic (exact) mass is 297 g/mol. The van der Waals surface area contributed by atoms with E-state index in [0.717, 1.165) is 4.55 Å². The minimum Gasteiger partial charge on any atom is -0.308 e. The molecule has 0 aliphatic carbocycles. The SMILES string of the molecule is CCCCCCCCCCNCI. The summed E-state index contributed by atoms with van der Waals surface area (Å²) in [5, 5.41) is 3.35. The molecule has 0 rings (SSSR count). The van der Waals surface area contributed by atoms with E-state index in [1.54, 1.807) is 0 Å². The average Bonchev–Trinajstić information content (AvgIpc) is 2.16. The van der Waals surface area contributed by atoms with Gasteiger partial charge in [0.05, 0.1) is 0 Å². The fraction of sp³-hybridized carbons (Fsp3) is 1.00. The highest BCUT2D eigenvalue weighted by molar-refractivity contribution is 14.1. The second-order valence-electron chi connectivity index (χ2n) is 3.61. The Labute approximate surface area is 97.2 Å². The van der Waals surface area contributed by atoms with Gasteiger partial charge in [0.2, 0.25) is 0 Å². The van der Waals surface area contributed by atoms with Gasteiger partial charge in [-0.05, 0) is 13.0 Å². The highest BCUT2D eigenvalue weighted by atomic mass is 127. The zero-order valence-electron chi connectivity index (χ0n) is 8.95. The zero-order valence-corrected chi connectivity index (χ0v) is 11.1. The van der Waals surface area contributed by atoms with Crippen LogP contribution in [-0.2, 0) is 0 Å². The van der Waals surface area contributed by atoms with Gasteiger partial charge in [0.25, 0.3) is 0 Å². The summed E-state index contributed by atoms with van der Waals surface area (Å²) in [6.07, 6.45) is 11.3. The number of unbranched alkanes of at least 4 members (excludes halogenated alkanes) is 7. The summed E-state index contributed by atoms with van der Waals surface area (Å²) in [6.45, 7) is 3.48. The molecule has 1 nitrogen and oxygen atoms in total. The van der Waals surface area contributed by atoms with Crippen LogP contribution in [0.25, 0.3) is 0 Å². The van der Waals surface area contributed by atoms with Gasteiger partial charge in [-0.3, -0.25) is 0 Å². The van der Waals surface area contributed by atoms with Gasteiger partial charge in [0, 0.05) is 4.55 Å². The Morgan fingerprint density at radius 2 is 1.38 bits per heavy atom. The van der Waals surface area contributed by atoms with Crippen LogP contribution in [0.3, 0.4) is 0 Å². The van der Waals surface area contributed by atoms with Gasteiger partial charge in [-0.25, -0.2) is 0 Å². The molecular weight excluding hydrogens is 273 g/mol. The van der Waals surface area contributed by atoms with E-state index in [1.807, 2.05) is 0 Å². The molecule has 0 aromatic rings. The van der Waals surface area contributed by atoms with Crippen molar-refractivity contribution in [3.63, 3.8) is 0 Å². The molecule has 0 spiro atoms. The maximum absolute atomic E-state index is 3.35. The van der Waals surface area contributed by atoms with E-state index < -0.39 is 0 Å². The van der Waals surface area contributed by atoms with Crippen LogP contribution >= 0.6 is 22.6 Å². The van der Waals surface area contributed by atoms with Crippen molar-refractivity contribution in [1.82, 2.24) is 5.32 Å². The van der Waals surface area contributed by atoms with Crippen LogP contribution < -0.4 is 5.32 Å². The molecule has 0 saturated heterocycles. The average molecular weight is 297 g/mol. The fourth-order valence-electron chi connectivity index (χ4n) is 1.45. The van der Waals surface area contributed by atoms with Gasteiger partial charge in [0.15, 0.2) is 0 Å². The van der Waals surface area contributed by atoms with Crippen molar-refractivity contribution in [2.24, 2.45) is 0 Å². The summed E-state index contributed by atoms with van der Waals surface area (Å²) < 4.78 is 1.09. The third-order valence-corrected chi connectivity index (χ3v) is 2.84.